The van der Waals surface area contributed by atoms with Gasteiger partial charge in [-0.25, -0.2) is 0 Å². The number of nitrogens with zero attached hydrogens (tertiary/aromatic N) is 1. The first-order valence-corrected chi connectivity index (χ1v) is 8.00. The summed E-state index contributed by atoms with van der Waals surface area (Å²) in [6, 6.07) is 4.53. The summed E-state index contributed by atoms with van der Waals surface area (Å²) in [5.74, 6) is 0.174. The topological polar surface area (TPSA) is 45.5 Å². The molecule has 0 spiro atoms. The van der Waals surface area contributed by atoms with E-state index in [1.165, 1.54) is 11.1 Å². The van der Waals surface area contributed by atoms with Crippen LogP contribution in [0.25, 0.3) is 11.0 Å². The molecule has 0 bridgehead atoms. The fourth-order valence-corrected chi connectivity index (χ4v) is 3.16. The Morgan fingerprint density at radius 3 is 2.68 bits per heavy atom. The molecule has 1 N–H and O–H groups in total. The lowest BCUT2D eigenvalue weighted by Crippen LogP contribution is -2.44. The Kier molecular flexibility index (Phi) is 4.21. The second-order valence-corrected chi connectivity index (χ2v) is 6.36. The van der Waals surface area contributed by atoms with Crippen molar-refractivity contribution in [2.45, 2.75) is 39.2 Å². The summed E-state index contributed by atoms with van der Waals surface area (Å²) >= 11 is 0. The number of carbonyl (C=O) groups is 1. The van der Waals surface area contributed by atoms with Gasteiger partial charge in [0.1, 0.15) is 5.58 Å². The highest BCUT2D eigenvalue weighted by Crippen LogP contribution is 2.25. The predicted octanol–water partition coefficient (Wildman–Crippen LogP) is 2.80. The van der Waals surface area contributed by atoms with Gasteiger partial charge in [-0.05, 0) is 63.0 Å². The van der Waals surface area contributed by atoms with Crippen LogP contribution in [0.2, 0.25) is 0 Å². The monoisotopic (exact) mass is 300 g/mol. The van der Waals surface area contributed by atoms with Crippen molar-refractivity contribution in [1.29, 1.82) is 0 Å². The minimum Gasteiger partial charge on any atom is -0.464 e. The number of rotatable bonds is 3. The Balaban J connectivity index is 1.77. The van der Waals surface area contributed by atoms with E-state index in [-0.39, 0.29) is 5.91 Å². The molecular formula is C18H24N2O2. The summed E-state index contributed by atoms with van der Waals surface area (Å²) in [5, 5.41) is 4.40. The van der Waals surface area contributed by atoms with Crippen molar-refractivity contribution < 1.29 is 9.21 Å². The zero-order chi connectivity index (χ0) is 15.7. The van der Waals surface area contributed by atoms with E-state index in [0.29, 0.717) is 12.5 Å². The Hall–Kier alpha value is -1.81. The summed E-state index contributed by atoms with van der Waals surface area (Å²) in [5.41, 5.74) is 4.31. The lowest BCUT2D eigenvalue weighted by atomic mass is 10.0. The van der Waals surface area contributed by atoms with Crippen LogP contribution in [0.15, 0.2) is 22.8 Å². The smallest absolute Gasteiger partial charge is 0.227 e. The van der Waals surface area contributed by atoms with Gasteiger partial charge in [0.15, 0.2) is 0 Å². The van der Waals surface area contributed by atoms with Gasteiger partial charge in [0, 0.05) is 24.0 Å². The molecule has 1 aliphatic rings. The largest absolute Gasteiger partial charge is 0.464 e. The zero-order valence-electron chi connectivity index (χ0n) is 13.6. The molecule has 1 amide bonds. The van der Waals surface area contributed by atoms with Gasteiger partial charge in [-0.2, -0.15) is 0 Å². The van der Waals surface area contributed by atoms with Crippen LogP contribution in [-0.4, -0.2) is 37.0 Å². The van der Waals surface area contributed by atoms with Crippen molar-refractivity contribution in [3.05, 3.63) is 35.1 Å². The number of nitrogens with one attached hydrogen (secondary N) is 1. The van der Waals surface area contributed by atoms with Gasteiger partial charge in [-0.1, -0.05) is 0 Å². The van der Waals surface area contributed by atoms with Crippen LogP contribution in [0, 0.1) is 13.8 Å². The van der Waals surface area contributed by atoms with Gasteiger partial charge in [0.2, 0.25) is 5.91 Å². The maximum Gasteiger partial charge on any atom is 0.227 e. The third-order valence-electron chi connectivity index (χ3n) is 4.86. The van der Waals surface area contributed by atoms with Crippen LogP contribution < -0.4 is 5.32 Å². The number of hydrogen-bond acceptors (Lipinski definition) is 3. The number of hydrogen-bond donors (Lipinski definition) is 1. The first kappa shape index (κ1) is 15.1. The minimum atomic E-state index is 0.174. The second-order valence-electron chi connectivity index (χ2n) is 6.36. The van der Waals surface area contributed by atoms with Crippen LogP contribution in [0.4, 0.5) is 0 Å². The Morgan fingerprint density at radius 1 is 1.27 bits per heavy atom. The van der Waals surface area contributed by atoms with Gasteiger partial charge in [0.05, 0.1) is 12.7 Å². The van der Waals surface area contributed by atoms with Crippen LogP contribution >= 0.6 is 0 Å². The maximum atomic E-state index is 12.6. The van der Waals surface area contributed by atoms with Gasteiger partial charge in [-0.3, -0.25) is 4.79 Å². The van der Waals surface area contributed by atoms with Crippen molar-refractivity contribution in [3.8, 4) is 0 Å². The standard InChI is InChI=1S/C18H24N2O2/c1-12-8-16-14(11-22-17(16)9-13(12)2)10-18(21)20(3)15-4-6-19-7-5-15/h8-9,11,15,19H,4-7,10H2,1-3H3. The second kappa shape index (κ2) is 6.13. The summed E-state index contributed by atoms with van der Waals surface area (Å²) in [4.78, 5) is 14.5. The van der Waals surface area contributed by atoms with Gasteiger partial charge >= 0.3 is 0 Å². The molecule has 0 atom stereocenters. The predicted molar refractivity (Wildman–Crippen MR) is 88.1 cm³/mol. The molecule has 0 unspecified atom stereocenters. The molecule has 22 heavy (non-hydrogen) atoms. The Morgan fingerprint density at radius 2 is 1.95 bits per heavy atom. The molecule has 3 rings (SSSR count). The molecule has 118 valence electrons. The molecular weight excluding hydrogens is 276 g/mol. The average Bonchev–Trinajstić information content (AvgIpc) is 2.90. The molecule has 0 saturated carbocycles. The van der Waals surface area contributed by atoms with Crippen molar-refractivity contribution in [3.63, 3.8) is 0 Å². The van der Waals surface area contributed by atoms with Crippen molar-refractivity contribution in [2.24, 2.45) is 0 Å². The number of fused-ring (bicyclic) bond motifs is 1. The number of carbonyl (C=O) groups excluding carboxylic acids is 1. The van der Waals surface area contributed by atoms with Crippen molar-refractivity contribution in [1.82, 2.24) is 10.2 Å². The van der Waals surface area contributed by atoms with Crippen LogP contribution in [-0.2, 0) is 11.2 Å². The fourth-order valence-electron chi connectivity index (χ4n) is 3.16. The van der Waals surface area contributed by atoms with Gasteiger partial charge in [-0.15, -0.1) is 0 Å². The number of aryl methyl sites for hydroxylation is 2. The number of benzene rings is 1. The lowest BCUT2D eigenvalue weighted by Gasteiger charge is -2.31. The van der Waals surface area contributed by atoms with Crippen molar-refractivity contribution in [2.75, 3.05) is 20.1 Å². The number of likely N-dealkylation sites (N-methyl/N-ethyl adjacent to an activating group) is 1. The van der Waals surface area contributed by atoms with E-state index in [1.54, 1.807) is 6.26 Å². The van der Waals surface area contributed by atoms with Gasteiger partial charge in [0.25, 0.3) is 0 Å². The molecule has 2 aromatic rings. The van der Waals surface area contributed by atoms with E-state index in [0.717, 1.165) is 42.5 Å². The van der Waals surface area contributed by atoms with E-state index >= 15 is 0 Å². The maximum absolute atomic E-state index is 12.6. The average molecular weight is 300 g/mol. The third kappa shape index (κ3) is 2.88. The Bertz CT molecular complexity index is 684. The van der Waals surface area contributed by atoms with E-state index < -0.39 is 0 Å². The van der Waals surface area contributed by atoms with Crippen LogP contribution in [0.1, 0.15) is 29.5 Å². The molecule has 1 saturated heterocycles. The van der Waals surface area contributed by atoms with Crippen LogP contribution in [0.5, 0.6) is 0 Å². The number of piperidine rings is 1. The quantitative estimate of drug-likeness (QED) is 0.948. The number of furan rings is 1. The molecule has 2 heterocycles. The summed E-state index contributed by atoms with van der Waals surface area (Å²) in [6.45, 7) is 6.16. The van der Waals surface area contributed by atoms with Gasteiger partial charge < -0.3 is 14.6 Å². The first-order valence-electron chi connectivity index (χ1n) is 8.00. The SMILES string of the molecule is Cc1cc2occ(CC(=O)N(C)C3CCNCC3)c2cc1C. The summed E-state index contributed by atoms with van der Waals surface area (Å²) in [7, 11) is 1.93. The molecule has 0 radical (unpaired) electrons. The van der Waals surface area contributed by atoms with E-state index in [9.17, 15) is 4.79 Å². The molecule has 1 fully saturated rings. The molecule has 0 aliphatic carbocycles. The summed E-state index contributed by atoms with van der Waals surface area (Å²) < 4.78 is 5.63. The molecule has 1 aliphatic heterocycles. The first-order chi connectivity index (χ1) is 10.6. The van der Waals surface area contributed by atoms with E-state index in [1.807, 2.05) is 11.9 Å². The van der Waals surface area contributed by atoms with Crippen LogP contribution in [0.3, 0.4) is 0 Å². The Labute approximate surface area is 131 Å². The highest BCUT2D eigenvalue weighted by atomic mass is 16.3. The zero-order valence-corrected chi connectivity index (χ0v) is 13.6. The highest BCUT2D eigenvalue weighted by Gasteiger charge is 2.23. The molecule has 4 nitrogen and oxygen atoms in total. The van der Waals surface area contributed by atoms with Crippen molar-refractivity contribution >= 4 is 16.9 Å². The molecule has 1 aromatic carbocycles. The summed E-state index contributed by atoms with van der Waals surface area (Å²) in [6.07, 6.45) is 4.22. The minimum absolute atomic E-state index is 0.174. The lowest BCUT2D eigenvalue weighted by molar-refractivity contribution is -0.131. The molecule has 1 aromatic heterocycles. The third-order valence-corrected chi connectivity index (χ3v) is 4.86. The molecule has 4 heteroatoms. The fraction of sp³-hybridized carbons (Fsp3) is 0.500. The normalized spacial score (nSPS) is 16.1. The van der Waals surface area contributed by atoms with E-state index in [4.69, 9.17) is 4.42 Å². The highest BCUT2D eigenvalue weighted by molar-refractivity contribution is 5.88. The number of amides is 1. The van der Waals surface area contributed by atoms with E-state index in [2.05, 4.69) is 31.3 Å².